The van der Waals surface area contributed by atoms with Gasteiger partial charge in [-0.05, 0) is 88.6 Å². The molecule has 4 aromatic rings. The van der Waals surface area contributed by atoms with Crippen LogP contribution in [0.15, 0.2) is 59.6 Å². The summed E-state index contributed by atoms with van der Waals surface area (Å²) in [5.41, 5.74) is 4.29. The van der Waals surface area contributed by atoms with E-state index in [4.69, 9.17) is 14.7 Å². The topological polar surface area (TPSA) is 131 Å². The minimum absolute atomic E-state index is 0.0488. The molecule has 1 atom stereocenters. The standard InChI is InChI=1S/C38H47N7O4S/c1-24-12-9-13-25(2)33(24)30-19-32-42-36(40-30)43-50(47,48)29-15-10-14-27(18-29)35(46)44(28(23-49-32)20-37(4,5)6)22-31-39-21-26(3)34(41-31)45-17-11-16-38(45,7)8/h9-10,12-15,18-19,21,28H,11,16-17,20,22-23H2,1-8H3,(H,40,42,43)/t28-/m1/s1. The number of sulfonamides is 1. The van der Waals surface area contributed by atoms with E-state index in [2.05, 4.69) is 54.2 Å². The zero-order valence-corrected chi connectivity index (χ0v) is 31.1. The lowest BCUT2D eigenvalue weighted by atomic mass is 9.87. The fraction of sp³-hybridized carbons (Fsp3) is 0.447. The quantitative estimate of drug-likeness (QED) is 0.237. The van der Waals surface area contributed by atoms with Gasteiger partial charge in [-0.3, -0.25) is 4.79 Å². The molecule has 264 valence electrons. The van der Waals surface area contributed by atoms with Gasteiger partial charge in [-0.25, -0.2) is 28.1 Å². The van der Waals surface area contributed by atoms with Crippen molar-refractivity contribution in [3.8, 4) is 17.1 Å². The summed E-state index contributed by atoms with van der Waals surface area (Å²) in [4.78, 5) is 37.4. The van der Waals surface area contributed by atoms with E-state index in [0.29, 0.717) is 17.9 Å². The number of carbonyl (C=O) groups excluding carboxylic acids is 1. The highest BCUT2D eigenvalue weighted by molar-refractivity contribution is 7.92. The highest BCUT2D eigenvalue weighted by Gasteiger charge is 2.35. The van der Waals surface area contributed by atoms with Gasteiger partial charge in [0.1, 0.15) is 18.2 Å². The fourth-order valence-corrected chi connectivity index (χ4v) is 8.01. The molecule has 2 aromatic heterocycles. The summed E-state index contributed by atoms with van der Waals surface area (Å²) in [5.74, 6) is 1.09. The average molecular weight is 698 g/mol. The highest BCUT2D eigenvalue weighted by Crippen LogP contribution is 2.35. The molecule has 2 aromatic carbocycles. The van der Waals surface area contributed by atoms with Gasteiger partial charge in [0, 0.05) is 41.0 Å². The number of nitrogens with one attached hydrogen (secondary N) is 1. The summed E-state index contributed by atoms with van der Waals surface area (Å²) in [6.45, 7) is 17.9. The Kier molecular flexibility index (Phi) is 9.36. The third kappa shape index (κ3) is 7.45. The molecular formula is C38H47N7O4S. The second kappa shape index (κ2) is 13.3. The predicted molar refractivity (Wildman–Crippen MR) is 195 cm³/mol. The minimum atomic E-state index is -4.18. The molecule has 1 N–H and O–H groups in total. The van der Waals surface area contributed by atoms with Crippen molar-refractivity contribution in [2.75, 3.05) is 22.8 Å². The number of hydrogen-bond acceptors (Lipinski definition) is 9. The van der Waals surface area contributed by atoms with Crippen LogP contribution in [0.25, 0.3) is 11.3 Å². The van der Waals surface area contributed by atoms with Crippen molar-refractivity contribution in [2.45, 2.75) is 97.7 Å². The lowest BCUT2D eigenvalue weighted by Crippen LogP contribution is -2.45. The van der Waals surface area contributed by atoms with E-state index >= 15 is 0 Å². The molecule has 1 fully saturated rings. The van der Waals surface area contributed by atoms with Gasteiger partial charge in [0.05, 0.1) is 23.2 Å². The van der Waals surface area contributed by atoms with E-state index in [1.807, 2.05) is 45.2 Å². The van der Waals surface area contributed by atoms with Crippen molar-refractivity contribution < 1.29 is 17.9 Å². The first kappa shape index (κ1) is 35.3. The second-order valence-corrected chi connectivity index (χ2v) is 17.0. The second-order valence-electron chi connectivity index (χ2n) is 15.3. The van der Waals surface area contributed by atoms with Gasteiger partial charge in [-0.2, -0.15) is 4.98 Å². The first-order chi connectivity index (χ1) is 23.5. The van der Waals surface area contributed by atoms with E-state index in [1.165, 1.54) is 12.1 Å². The molecule has 12 heteroatoms. The molecule has 0 aliphatic carbocycles. The Morgan fingerprint density at radius 1 is 0.980 bits per heavy atom. The van der Waals surface area contributed by atoms with Crippen LogP contribution in [0.1, 0.15) is 86.8 Å². The zero-order chi connectivity index (χ0) is 36.0. The molecule has 1 saturated heterocycles. The van der Waals surface area contributed by atoms with Crippen molar-refractivity contribution in [1.82, 2.24) is 24.8 Å². The number of benzene rings is 2. The Morgan fingerprint density at radius 3 is 2.38 bits per heavy atom. The average Bonchev–Trinajstić information content (AvgIpc) is 3.39. The van der Waals surface area contributed by atoms with Crippen molar-refractivity contribution in [2.24, 2.45) is 5.41 Å². The molecule has 0 radical (unpaired) electrons. The molecule has 2 aliphatic rings. The van der Waals surface area contributed by atoms with Crippen molar-refractivity contribution in [3.63, 3.8) is 0 Å². The molecule has 1 amide bonds. The summed E-state index contributed by atoms with van der Waals surface area (Å²) in [7, 11) is -4.18. The van der Waals surface area contributed by atoms with Gasteiger partial charge >= 0.3 is 0 Å². The number of hydrogen-bond donors (Lipinski definition) is 1. The van der Waals surface area contributed by atoms with Crippen LogP contribution in [-0.4, -0.2) is 63.9 Å². The number of amides is 1. The number of fused-ring (bicyclic) bond motifs is 4. The number of rotatable bonds is 5. The molecule has 4 bridgehead atoms. The van der Waals surface area contributed by atoms with E-state index < -0.39 is 16.1 Å². The van der Waals surface area contributed by atoms with E-state index in [-0.39, 0.29) is 52.3 Å². The summed E-state index contributed by atoms with van der Waals surface area (Å²) < 4.78 is 36.5. The Morgan fingerprint density at radius 2 is 1.70 bits per heavy atom. The maximum atomic E-state index is 14.6. The van der Waals surface area contributed by atoms with Crippen LogP contribution < -0.4 is 14.4 Å². The minimum Gasteiger partial charge on any atom is -0.475 e. The molecular weight excluding hydrogens is 651 g/mol. The maximum absolute atomic E-state index is 14.6. The van der Waals surface area contributed by atoms with Gasteiger partial charge in [-0.1, -0.05) is 45.0 Å². The SMILES string of the molecule is Cc1cnc(CN2C(=O)c3cccc(c3)S(=O)(=O)Nc3nc(cc(-c4c(C)cccc4C)n3)OC[C@H]2CC(C)(C)C)nc1N1CCCC1(C)C. The van der Waals surface area contributed by atoms with E-state index in [9.17, 15) is 13.2 Å². The zero-order valence-electron chi connectivity index (χ0n) is 30.2. The van der Waals surface area contributed by atoms with Gasteiger partial charge in [0.15, 0.2) is 0 Å². The molecule has 0 unspecified atom stereocenters. The normalized spacial score (nSPS) is 18.8. The van der Waals surface area contributed by atoms with E-state index in [1.54, 1.807) is 23.1 Å². The molecule has 11 nitrogen and oxygen atoms in total. The predicted octanol–water partition coefficient (Wildman–Crippen LogP) is 6.88. The van der Waals surface area contributed by atoms with Crippen molar-refractivity contribution in [3.05, 3.63) is 82.8 Å². The number of aromatic nitrogens is 4. The summed E-state index contributed by atoms with van der Waals surface area (Å²) in [6.07, 6.45) is 4.54. The van der Waals surface area contributed by atoms with Gasteiger partial charge < -0.3 is 14.5 Å². The van der Waals surface area contributed by atoms with Crippen LogP contribution in [0.2, 0.25) is 0 Å². The largest absolute Gasteiger partial charge is 0.475 e. The van der Waals surface area contributed by atoms with Gasteiger partial charge in [0.25, 0.3) is 15.9 Å². The van der Waals surface area contributed by atoms with Crippen molar-refractivity contribution in [1.29, 1.82) is 0 Å². The summed E-state index contributed by atoms with van der Waals surface area (Å²) >= 11 is 0. The first-order valence-corrected chi connectivity index (χ1v) is 18.6. The van der Waals surface area contributed by atoms with Gasteiger partial charge in [0.2, 0.25) is 11.8 Å². The number of aryl methyl sites for hydroxylation is 3. The Balaban J connectivity index is 1.48. The van der Waals surface area contributed by atoms with Crippen LogP contribution in [-0.2, 0) is 16.6 Å². The lowest BCUT2D eigenvalue weighted by molar-refractivity contribution is 0.0505. The Bertz CT molecular complexity index is 2020. The fourth-order valence-electron chi connectivity index (χ4n) is 7.02. The molecule has 0 saturated carbocycles. The van der Waals surface area contributed by atoms with Crippen LogP contribution >= 0.6 is 0 Å². The Labute approximate surface area is 295 Å². The monoisotopic (exact) mass is 697 g/mol. The number of nitrogens with zero attached hydrogens (tertiary/aromatic N) is 6. The summed E-state index contributed by atoms with van der Waals surface area (Å²) in [5, 5.41) is 0. The third-order valence-corrected chi connectivity index (χ3v) is 10.8. The van der Waals surface area contributed by atoms with Crippen molar-refractivity contribution >= 4 is 27.7 Å². The molecule has 50 heavy (non-hydrogen) atoms. The first-order valence-electron chi connectivity index (χ1n) is 17.1. The maximum Gasteiger partial charge on any atom is 0.264 e. The van der Waals surface area contributed by atoms with Gasteiger partial charge in [-0.15, -0.1) is 0 Å². The third-order valence-electron chi connectivity index (χ3n) is 9.49. The number of ether oxygens (including phenoxy) is 1. The van der Waals surface area contributed by atoms with Crippen LogP contribution in [0.3, 0.4) is 0 Å². The number of anilines is 2. The van der Waals surface area contributed by atoms with Crippen LogP contribution in [0.5, 0.6) is 5.88 Å². The van der Waals surface area contributed by atoms with Crippen LogP contribution in [0, 0.1) is 26.2 Å². The molecule has 2 aliphatic heterocycles. The molecule has 4 heterocycles. The molecule has 0 spiro atoms. The Hall–Kier alpha value is -4.58. The smallest absolute Gasteiger partial charge is 0.264 e. The summed E-state index contributed by atoms with van der Waals surface area (Å²) in [6, 6.07) is 13.3. The molecule has 6 rings (SSSR count). The van der Waals surface area contributed by atoms with Crippen LogP contribution in [0.4, 0.5) is 11.8 Å². The number of carbonyl (C=O) groups is 1. The highest BCUT2D eigenvalue weighted by atomic mass is 32.2. The lowest BCUT2D eigenvalue weighted by Gasteiger charge is -2.36. The van der Waals surface area contributed by atoms with E-state index in [0.717, 1.165) is 47.5 Å².